The number of Topliss-reactive ketones (excluding diaryl/α,β-unsaturated/α-hetero) is 1. The zero-order valence-corrected chi connectivity index (χ0v) is 13.6. The van der Waals surface area contributed by atoms with Crippen molar-refractivity contribution < 1.29 is 19.1 Å². The van der Waals surface area contributed by atoms with E-state index in [0.29, 0.717) is 0 Å². The Morgan fingerprint density at radius 3 is 2.09 bits per heavy atom. The summed E-state index contributed by atoms with van der Waals surface area (Å²) in [4.78, 5) is 27.6. The molecule has 3 rings (SSSR count). The van der Waals surface area contributed by atoms with Crippen molar-refractivity contribution in [1.82, 2.24) is 0 Å². The SMILES string of the molecule is CC(C)(C)OC(=O)C(=[N+]=[N-])C(=O)C1[C@H]2Cc3ccccc3C[C@@H]12. The van der Waals surface area contributed by atoms with Crippen LogP contribution in [0.4, 0.5) is 0 Å². The topological polar surface area (TPSA) is 79.8 Å². The lowest BCUT2D eigenvalue weighted by Crippen LogP contribution is -2.35. The molecule has 0 spiro atoms. The van der Waals surface area contributed by atoms with Crippen LogP contribution >= 0.6 is 0 Å². The van der Waals surface area contributed by atoms with E-state index in [2.05, 4.69) is 16.9 Å². The standard InChI is InChI=1S/C18H20N2O3/c1-18(2,3)23-17(22)15(20-19)16(21)14-12-8-10-6-4-5-7-11(10)9-13(12)14/h4-7,12-14H,8-9H2,1-3H3/t12-,13+,14?. The monoisotopic (exact) mass is 312 g/mol. The van der Waals surface area contributed by atoms with E-state index in [9.17, 15) is 9.59 Å². The number of ketones is 1. The second kappa shape index (κ2) is 5.43. The molecule has 0 N–H and O–H groups in total. The van der Waals surface area contributed by atoms with Crippen molar-refractivity contribution >= 4 is 17.5 Å². The molecule has 1 aromatic rings. The van der Waals surface area contributed by atoms with Crippen LogP contribution in [-0.2, 0) is 27.2 Å². The third-order valence-electron chi connectivity index (χ3n) is 4.59. The molecule has 1 unspecified atom stereocenters. The highest BCUT2D eigenvalue weighted by Gasteiger charge is 2.59. The number of hydrogen-bond donors (Lipinski definition) is 0. The summed E-state index contributed by atoms with van der Waals surface area (Å²) in [5, 5.41) is 0. The molecule has 2 aliphatic rings. The maximum absolute atomic E-state index is 12.6. The zero-order valence-electron chi connectivity index (χ0n) is 13.6. The highest BCUT2D eigenvalue weighted by molar-refractivity contribution is 6.63. The van der Waals surface area contributed by atoms with Crippen molar-refractivity contribution in [3.8, 4) is 0 Å². The molecule has 1 saturated carbocycles. The van der Waals surface area contributed by atoms with E-state index in [1.807, 2.05) is 12.1 Å². The minimum Gasteiger partial charge on any atom is -0.451 e. The summed E-state index contributed by atoms with van der Waals surface area (Å²) < 4.78 is 5.15. The third kappa shape index (κ3) is 2.97. The molecule has 3 atom stereocenters. The molecule has 0 heterocycles. The van der Waals surface area contributed by atoms with Crippen LogP contribution < -0.4 is 0 Å². The molecular formula is C18H20N2O3. The van der Waals surface area contributed by atoms with Crippen LogP contribution in [0.3, 0.4) is 0 Å². The first-order valence-electron chi connectivity index (χ1n) is 7.88. The van der Waals surface area contributed by atoms with Crippen molar-refractivity contribution in [1.29, 1.82) is 0 Å². The third-order valence-corrected chi connectivity index (χ3v) is 4.59. The molecule has 1 aromatic carbocycles. The lowest BCUT2D eigenvalue weighted by Gasteiger charge is -2.17. The van der Waals surface area contributed by atoms with Gasteiger partial charge < -0.3 is 10.3 Å². The van der Waals surface area contributed by atoms with E-state index in [1.165, 1.54) is 11.1 Å². The summed E-state index contributed by atoms with van der Waals surface area (Å²) >= 11 is 0. The fourth-order valence-electron chi connectivity index (χ4n) is 3.53. The van der Waals surface area contributed by atoms with Gasteiger partial charge >= 0.3 is 11.7 Å². The summed E-state index contributed by atoms with van der Waals surface area (Å²) in [5.74, 6) is -1.04. The van der Waals surface area contributed by atoms with Crippen LogP contribution in [0.2, 0.25) is 0 Å². The first kappa shape index (κ1) is 15.6. The van der Waals surface area contributed by atoms with E-state index >= 15 is 0 Å². The Hall–Kier alpha value is -2.26. The van der Waals surface area contributed by atoms with Gasteiger partial charge in [0.05, 0.1) is 0 Å². The van der Waals surface area contributed by atoms with Gasteiger partial charge in [-0.05, 0) is 56.6 Å². The van der Waals surface area contributed by atoms with Crippen molar-refractivity contribution in [3.05, 3.63) is 40.9 Å². The summed E-state index contributed by atoms with van der Waals surface area (Å²) in [6.45, 7) is 5.12. The van der Waals surface area contributed by atoms with Crippen LogP contribution in [0, 0.1) is 17.8 Å². The Labute approximate surface area is 135 Å². The first-order valence-corrected chi connectivity index (χ1v) is 7.88. The van der Waals surface area contributed by atoms with Crippen molar-refractivity contribution in [2.24, 2.45) is 17.8 Å². The molecule has 0 aromatic heterocycles. The van der Waals surface area contributed by atoms with Gasteiger partial charge in [-0.1, -0.05) is 24.3 Å². The maximum atomic E-state index is 12.6. The Balaban J connectivity index is 1.73. The largest absolute Gasteiger partial charge is 0.451 e. The normalized spacial score (nSPS) is 24.7. The van der Waals surface area contributed by atoms with Crippen LogP contribution in [0.15, 0.2) is 24.3 Å². The van der Waals surface area contributed by atoms with Gasteiger partial charge in [0.25, 0.3) is 5.78 Å². The minimum atomic E-state index is -0.855. The second-order valence-electron chi connectivity index (χ2n) is 7.35. The summed E-state index contributed by atoms with van der Waals surface area (Å²) in [7, 11) is 0. The fourth-order valence-corrected chi connectivity index (χ4v) is 3.53. The van der Waals surface area contributed by atoms with Gasteiger partial charge in [0.1, 0.15) is 5.60 Å². The van der Waals surface area contributed by atoms with Crippen LogP contribution in [0.25, 0.3) is 5.53 Å². The average molecular weight is 312 g/mol. The van der Waals surface area contributed by atoms with Gasteiger partial charge in [0.2, 0.25) is 0 Å². The number of hydrogen-bond acceptors (Lipinski definition) is 3. The molecule has 0 aliphatic heterocycles. The van der Waals surface area contributed by atoms with Gasteiger partial charge in [-0.25, -0.2) is 4.79 Å². The van der Waals surface area contributed by atoms with Gasteiger partial charge in [0, 0.05) is 5.92 Å². The fraction of sp³-hybridized carbons (Fsp3) is 0.500. The van der Waals surface area contributed by atoms with Crippen molar-refractivity contribution in [3.63, 3.8) is 0 Å². The zero-order chi connectivity index (χ0) is 16.8. The minimum absolute atomic E-state index is 0.233. The van der Waals surface area contributed by atoms with E-state index in [4.69, 9.17) is 10.3 Å². The quantitative estimate of drug-likeness (QED) is 0.282. The highest BCUT2D eigenvalue weighted by Crippen LogP contribution is 2.54. The number of benzene rings is 1. The van der Waals surface area contributed by atoms with Crippen LogP contribution in [0.5, 0.6) is 0 Å². The van der Waals surface area contributed by atoms with Crippen LogP contribution in [-0.4, -0.2) is 27.9 Å². The number of nitrogens with zero attached hydrogens (tertiary/aromatic N) is 2. The number of carbonyl (C=O) groups is 2. The lowest BCUT2D eigenvalue weighted by molar-refractivity contribution is -0.152. The Morgan fingerprint density at radius 1 is 1.13 bits per heavy atom. The Bertz CT molecular complexity index is 695. The summed E-state index contributed by atoms with van der Waals surface area (Å²) in [5.41, 5.74) is 10.4. The average Bonchev–Trinajstić information content (AvgIpc) is 3.16. The smallest absolute Gasteiger partial charge is 0.441 e. The van der Waals surface area contributed by atoms with Gasteiger partial charge in [-0.2, -0.15) is 4.79 Å². The number of carbonyl (C=O) groups excluding carboxylic acids is 2. The van der Waals surface area contributed by atoms with Crippen LogP contribution in [0.1, 0.15) is 31.9 Å². The Morgan fingerprint density at radius 2 is 1.65 bits per heavy atom. The highest BCUT2D eigenvalue weighted by atomic mass is 16.6. The number of rotatable bonds is 3. The molecule has 0 saturated heterocycles. The van der Waals surface area contributed by atoms with Gasteiger partial charge in [-0.15, -0.1) is 0 Å². The van der Waals surface area contributed by atoms with Gasteiger partial charge in [0.15, 0.2) is 0 Å². The van der Waals surface area contributed by atoms with E-state index in [1.54, 1.807) is 20.8 Å². The predicted molar refractivity (Wildman–Crippen MR) is 83.8 cm³/mol. The molecule has 5 nitrogen and oxygen atoms in total. The van der Waals surface area contributed by atoms with E-state index in [-0.39, 0.29) is 17.8 Å². The molecule has 0 amide bonds. The molecule has 0 bridgehead atoms. The molecule has 2 aliphatic carbocycles. The molecule has 0 radical (unpaired) electrons. The molecule has 1 fully saturated rings. The Kier molecular flexibility index (Phi) is 3.69. The maximum Gasteiger partial charge on any atom is 0.441 e. The molecule has 120 valence electrons. The molecular weight excluding hydrogens is 292 g/mol. The summed E-state index contributed by atoms with van der Waals surface area (Å²) in [6, 6.07) is 8.17. The molecule has 5 heteroatoms. The first-order chi connectivity index (χ1) is 10.8. The van der Waals surface area contributed by atoms with Crippen molar-refractivity contribution in [2.75, 3.05) is 0 Å². The summed E-state index contributed by atoms with van der Waals surface area (Å²) in [6.07, 6.45) is 1.68. The number of fused-ring (bicyclic) bond motifs is 2. The van der Waals surface area contributed by atoms with Crippen molar-refractivity contribution in [2.45, 2.75) is 39.2 Å². The molecule has 23 heavy (non-hydrogen) atoms. The predicted octanol–water partition coefficient (Wildman–Crippen LogP) is 2.23. The van der Waals surface area contributed by atoms with E-state index < -0.39 is 23.1 Å². The van der Waals surface area contributed by atoms with Gasteiger partial charge in [-0.3, -0.25) is 4.79 Å². The number of ether oxygens (including phenoxy) is 1. The lowest BCUT2D eigenvalue weighted by atomic mass is 9.92. The van der Waals surface area contributed by atoms with E-state index in [0.717, 1.165) is 12.8 Å². The second-order valence-corrected chi connectivity index (χ2v) is 7.35. The number of esters is 1.